The van der Waals surface area contributed by atoms with Crippen molar-refractivity contribution in [1.82, 2.24) is 4.72 Å². The lowest BCUT2D eigenvalue weighted by Crippen LogP contribution is -2.40. The smallest absolute Gasteiger partial charge is 0.241 e. The highest BCUT2D eigenvalue weighted by Gasteiger charge is 2.24. The van der Waals surface area contributed by atoms with Crippen molar-refractivity contribution >= 4 is 15.7 Å². The van der Waals surface area contributed by atoms with Gasteiger partial charge in [0, 0.05) is 26.4 Å². The molecule has 0 fully saturated rings. The maximum atomic E-state index is 12.4. The van der Waals surface area contributed by atoms with E-state index in [1.165, 1.54) is 0 Å². The average molecular weight is 300 g/mol. The molecule has 0 aliphatic carbocycles. The Morgan fingerprint density at radius 2 is 1.70 bits per heavy atom. The summed E-state index contributed by atoms with van der Waals surface area (Å²) in [5.74, 6) is 0. The number of benzene rings is 1. The van der Waals surface area contributed by atoms with Crippen LogP contribution in [0.25, 0.3) is 0 Å². The van der Waals surface area contributed by atoms with Crippen molar-refractivity contribution in [2.24, 2.45) is 0 Å². The maximum absolute atomic E-state index is 12.4. The Kier molecular flexibility index (Phi) is 5.18. The van der Waals surface area contributed by atoms with Gasteiger partial charge in [-0.3, -0.25) is 0 Å². The van der Waals surface area contributed by atoms with E-state index in [1.54, 1.807) is 21.0 Å². The first kappa shape index (κ1) is 16.9. The molecule has 1 aromatic rings. The van der Waals surface area contributed by atoms with Crippen LogP contribution < -0.4 is 10.0 Å². The van der Waals surface area contributed by atoms with Crippen LogP contribution in [0.15, 0.2) is 17.0 Å². The Balaban J connectivity index is 3.11. The Bertz CT molecular complexity index is 557. The van der Waals surface area contributed by atoms with Gasteiger partial charge in [-0.25, -0.2) is 13.1 Å². The number of hydrogen-bond donors (Lipinski definition) is 2. The minimum Gasteiger partial charge on any atom is -0.388 e. The van der Waals surface area contributed by atoms with Crippen molar-refractivity contribution in [3.05, 3.63) is 23.3 Å². The van der Waals surface area contributed by atoms with Crippen LogP contribution in [0, 0.1) is 13.8 Å². The Hall–Kier alpha value is -1.11. The summed E-state index contributed by atoms with van der Waals surface area (Å²) in [6.45, 7) is 7.48. The summed E-state index contributed by atoms with van der Waals surface area (Å²) >= 11 is 0. The first-order chi connectivity index (χ1) is 9.13. The Morgan fingerprint density at radius 1 is 1.20 bits per heavy atom. The summed E-state index contributed by atoms with van der Waals surface area (Å²) < 4.78 is 32.7. The molecule has 0 saturated heterocycles. The molecule has 0 unspecified atom stereocenters. The number of sulfonamides is 1. The maximum Gasteiger partial charge on any atom is 0.241 e. The van der Waals surface area contributed by atoms with Gasteiger partial charge in [0.1, 0.15) is 0 Å². The van der Waals surface area contributed by atoms with E-state index >= 15 is 0 Å². The van der Waals surface area contributed by atoms with Crippen molar-refractivity contribution in [2.45, 2.75) is 38.2 Å². The lowest BCUT2D eigenvalue weighted by Gasteiger charge is -2.23. The quantitative estimate of drug-likeness (QED) is 0.844. The number of rotatable bonds is 6. The van der Waals surface area contributed by atoms with Gasteiger partial charge < -0.3 is 10.1 Å². The average Bonchev–Trinajstić information content (AvgIpc) is 2.35. The fourth-order valence-corrected chi connectivity index (χ4v) is 3.58. The zero-order chi connectivity index (χ0) is 15.6. The number of hydrogen-bond acceptors (Lipinski definition) is 4. The highest BCUT2D eigenvalue weighted by atomic mass is 32.2. The Labute approximate surface area is 121 Å². The van der Waals surface area contributed by atoms with Crippen molar-refractivity contribution < 1.29 is 13.2 Å². The van der Waals surface area contributed by atoms with Crippen LogP contribution in [0.5, 0.6) is 0 Å². The standard InChI is InChI=1S/C14H24N2O3S/c1-10-7-12(15-5)8-11(2)13(10)20(17,18)16-9-14(3,4)19-6/h7-8,15-16H,9H2,1-6H3. The van der Waals surface area contributed by atoms with Gasteiger partial charge in [0.05, 0.1) is 10.5 Å². The van der Waals surface area contributed by atoms with E-state index in [2.05, 4.69) is 10.0 Å². The van der Waals surface area contributed by atoms with Gasteiger partial charge in [0.15, 0.2) is 0 Å². The summed E-state index contributed by atoms with van der Waals surface area (Å²) in [5, 5.41) is 3.02. The van der Waals surface area contributed by atoms with E-state index in [-0.39, 0.29) is 6.54 Å². The summed E-state index contributed by atoms with van der Waals surface area (Å²) in [5.41, 5.74) is 1.80. The molecule has 20 heavy (non-hydrogen) atoms. The van der Waals surface area contributed by atoms with Crippen LogP contribution in [-0.4, -0.2) is 34.7 Å². The fourth-order valence-electron chi connectivity index (χ4n) is 1.93. The van der Waals surface area contributed by atoms with E-state index in [4.69, 9.17) is 4.74 Å². The second kappa shape index (κ2) is 6.11. The fraction of sp³-hybridized carbons (Fsp3) is 0.571. The third-order valence-corrected chi connectivity index (χ3v) is 4.96. The summed E-state index contributed by atoms with van der Waals surface area (Å²) in [7, 11) is -0.178. The molecular formula is C14H24N2O3S. The molecule has 0 heterocycles. The third kappa shape index (κ3) is 3.94. The number of ether oxygens (including phenoxy) is 1. The molecule has 5 nitrogen and oxygen atoms in total. The molecule has 6 heteroatoms. The first-order valence-electron chi connectivity index (χ1n) is 6.47. The van der Waals surface area contributed by atoms with Gasteiger partial charge in [0.25, 0.3) is 0 Å². The SMILES string of the molecule is CNc1cc(C)c(S(=O)(=O)NCC(C)(C)OC)c(C)c1. The first-order valence-corrected chi connectivity index (χ1v) is 7.95. The molecule has 0 aliphatic rings. The zero-order valence-corrected chi connectivity index (χ0v) is 13.8. The highest BCUT2D eigenvalue weighted by molar-refractivity contribution is 7.89. The largest absolute Gasteiger partial charge is 0.388 e. The van der Waals surface area contributed by atoms with Crippen LogP contribution in [0.2, 0.25) is 0 Å². The predicted molar refractivity (Wildman–Crippen MR) is 81.7 cm³/mol. The Morgan fingerprint density at radius 3 is 2.10 bits per heavy atom. The van der Waals surface area contributed by atoms with Crippen LogP contribution in [0.4, 0.5) is 5.69 Å². The summed E-state index contributed by atoms with van der Waals surface area (Å²) in [4.78, 5) is 0.336. The molecule has 0 amide bonds. The van der Waals surface area contributed by atoms with Gasteiger partial charge in [-0.2, -0.15) is 0 Å². The van der Waals surface area contributed by atoms with Crippen LogP contribution in [0.1, 0.15) is 25.0 Å². The molecule has 0 saturated carbocycles. The van der Waals surface area contributed by atoms with Gasteiger partial charge >= 0.3 is 0 Å². The molecule has 1 rings (SSSR count). The highest BCUT2D eigenvalue weighted by Crippen LogP contribution is 2.24. The minimum absolute atomic E-state index is 0.221. The van der Waals surface area contributed by atoms with Gasteiger partial charge in [0.2, 0.25) is 10.0 Å². The predicted octanol–water partition coefficient (Wildman–Crippen LogP) is 2.05. The molecule has 0 atom stereocenters. The summed E-state index contributed by atoms with van der Waals surface area (Å²) in [6, 6.07) is 3.64. The lowest BCUT2D eigenvalue weighted by atomic mass is 10.1. The lowest BCUT2D eigenvalue weighted by molar-refractivity contribution is 0.0276. The third-order valence-electron chi connectivity index (χ3n) is 3.26. The van der Waals surface area contributed by atoms with Gasteiger partial charge in [-0.05, 0) is 51.0 Å². The molecule has 1 aromatic carbocycles. The normalized spacial score (nSPS) is 12.5. The van der Waals surface area contributed by atoms with Gasteiger partial charge in [-0.15, -0.1) is 0 Å². The van der Waals surface area contributed by atoms with Crippen molar-refractivity contribution in [3.8, 4) is 0 Å². The second-order valence-electron chi connectivity index (χ2n) is 5.48. The van der Waals surface area contributed by atoms with E-state index < -0.39 is 15.6 Å². The van der Waals surface area contributed by atoms with Crippen LogP contribution >= 0.6 is 0 Å². The second-order valence-corrected chi connectivity index (χ2v) is 7.18. The molecule has 0 spiro atoms. The minimum atomic E-state index is -3.55. The molecular weight excluding hydrogens is 276 g/mol. The van der Waals surface area contributed by atoms with Crippen molar-refractivity contribution in [1.29, 1.82) is 0 Å². The van der Waals surface area contributed by atoms with Gasteiger partial charge in [-0.1, -0.05) is 0 Å². The molecule has 114 valence electrons. The number of aryl methyl sites for hydroxylation is 2. The van der Waals surface area contributed by atoms with Crippen molar-refractivity contribution in [2.75, 3.05) is 26.0 Å². The van der Waals surface area contributed by atoms with Crippen molar-refractivity contribution in [3.63, 3.8) is 0 Å². The van der Waals surface area contributed by atoms with E-state index in [9.17, 15) is 8.42 Å². The summed E-state index contributed by atoms with van der Waals surface area (Å²) in [6.07, 6.45) is 0. The number of nitrogens with one attached hydrogen (secondary N) is 2. The molecule has 0 radical (unpaired) electrons. The number of anilines is 1. The van der Waals surface area contributed by atoms with E-state index in [1.807, 2.05) is 33.0 Å². The zero-order valence-electron chi connectivity index (χ0n) is 13.0. The number of methoxy groups -OCH3 is 1. The molecule has 2 N–H and O–H groups in total. The van der Waals surface area contributed by atoms with Crippen LogP contribution in [0.3, 0.4) is 0 Å². The van der Waals surface area contributed by atoms with E-state index in [0.717, 1.165) is 16.8 Å². The molecule has 0 aliphatic heterocycles. The van der Waals surface area contributed by atoms with E-state index in [0.29, 0.717) is 4.90 Å². The molecule has 0 bridgehead atoms. The topological polar surface area (TPSA) is 67.4 Å². The molecule has 0 aromatic heterocycles. The monoisotopic (exact) mass is 300 g/mol. The van der Waals surface area contributed by atoms with Crippen LogP contribution in [-0.2, 0) is 14.8 Å².